The number of carbonyl (C=O) groups is 2. The SMILES string of the molecule is Cc1cc(C)cc(N2C(=O)c3cc4ccccc4n3C[C@@]2(C)C(=O)NCCC(C)C)c1. The number of nitrogens with one attached hydrogen (secondary N) is 1. The predicted octanol–water partition coefficient (Wildman–Crippen LogP) is 4.84. The van der Waals surface area contributed by atoms with Gasteiger partial charge in [-0.15, -0.1) is 0 Å². The molecule has 0 aliphatic carbocycles. The zero-order valence-electron chi connectivity index (χ0n) is 19.0. The Bertz CT molecular complexity index is 1140. The zero-order valence-corrected chi connectivity index (χ0v) is 19.0. The third-order valence-corrected chi connectivity index (χ3v) is 6.15. The lowest BCUT2D eigenvalue weighted by Crippen LogP contribution is -2.64. The van der Waals surface area contributed by atoms with E-state index in [1.807, 2.05) is 67.8 Å². The summed E-state index contributed by atoms with van der Waals surface area (Å²) in [5.41, 5.74) is 3.46. The van der Waals surface area contributed by atoms with Crippen LogP contribution in [0.3, 0.4) is 0 Å². The Morgan fingerprint density at radius 2 is 1.77 bits per heavy atom. The Labute approximate surface area is 184 Å². The van der Waals surface area contributed by atoms with Crippen molar-refractivity contribution in [2.75, 3.05) is 11.4 Å². The number of carbonyl (C=O) groups excluding carboxylic acids is 2. The minimum atomic E-state index is -1.04. The number of hydrogen-bond donors (Lipinski definition) is 1. The normalized spacial score (nSPS) is 18.5. The molecule has 162 valence electrons. The van der Waals surface area contributed by atoms with Crippen molar-refractivity contribution >= 4 is 28.4 Å². The van der Waals surface area contributed by atoms with Gasteiger partial charge < -0.3 is 9.88 Å². The third-order valence-electron chi connectivity index (χ3n) is 6.15. The summed E-state index contributed by atoms with van der Waals surface area (Å²) >= 11 is 0. The molecule has 31 heavy (non-hydrogen) atoms. The molecular weight excluding hydrogens is 386 g/mol. The molecule has 2 aromatic carbocycles. The number of anilines is 1. The highest BCUT2D eigenvalue weighted by atomic mass is 16.2. The maximum Gasteiger partial charge on any atom is 0.275 e. The number of hydrogen-bond acceptors (Lipinski definition) is 2. The molecule has 1 aliphatic rings. The molecule has 0 spiro atoms. The molecule has 1 aromatic heterocycles. The Morgan fingerprint density at radius 1 is 1.10 bits per heavy atom. The van der Waals surface area contributed by atoms with E-state index in [2.05, 4.69) is 25.2 Å². The predicted molar refractivity (Wildman–Crippen MR) is 126 cm³/mol. The average Bonchev–Trinajstić information content (AvgIpc) is 3.05. The van der Waals surface area contributed by atoms with Gasteiger partial charge in [-0.25, -0.2) is 0 Å². The highest BCUT2D eigenvalue weighted by Crippen LogP contribution is 2.36. The molecule has 1 aliphatic heterocycles. The highest BCUT2D eigenvalue weighted by molar-refractivity contribution is 6.14. The van der Waals surface area contributed by atoms with Crippen LogP contribution in [0, 0.1) is 19.8 Å². The Hall–Kier alpha value is -3.08. The molecule has 0 saturated heterocycles. The van der Waals surface area contributed by atoms with Crippen molar-refractivity contribution in [1.82, 2.24) is 9.88 Å². The molecule has 0 fully saturated rings. The van der Waals surface area contributed by atoms with Crippen molar-refractivity contribution < 1.29 is 9.59 Å². The summed E-state index contributed by atoms with van der Waals surface area (Å²) in [6.45, 7) is 11.2. The van der Waals surface area contributed by atoms with Crippen molar-refractivity contribution in [3.8, 4) is 0 Å². The Balaban J connectivity index is 1.84. The molecule has 0 radical (unpaired) electrons. The second kappa shape index (κ2) is 7.88. The lowest BCUT2D eigenvalue weighted by atomic mass is 9.93. The van der Waals surface area contributed by atoms with Crippen LogP contribution in [0.1, 0.15) is 48.8 Å². The second-order valence-electron chi connectivity index (χ2n) is 9.37. The summed E-state index contributed by atoms with van der Waals surface area (Å²) in [6, 6.07) is 15.9. The van der Waals surface area contributed by atoms with Crippen molar-refractivity contribution in [1.29, 1.82) is 0 Å². The summed E-state index contributed by atoms with van der Waals surface area (Å²) in [5.74, 6) is 0.231. The molecule has 0 unspecified atom stereocenters. The quantitative estimate of drug-likeness (QED) is 0.646. The van der Waals surface area contributed by atoms with Crippen LogP contribution in [0.15, 0.2) is 48.5 Å². The molecule has 1 N–H and O–H groups in total. The summed E-state index contributed by atoms with van der Waals surface area (Å²) in [4.78, 5) is 29.1. The molecular formula is C26H31N3O2. The fraction of sp³-hybridized carbons (Fsp3) is 0.385. The number of amides is 2. The van der Waals surface area contributed by atoms with Gasteiger partial charge in [0.15, 0.2) is 0 Å². The second-order valence-corrected chi connectivity index (χ2v) is 9.37. The molecule has 2 heterocycles. The molecule has 3 aromatic rings. The van der Waals surface area contributed by atoms with Crippen molar-refractivity contribution in [2.24, 2.45) is 5.92 Å². The van der Waals surface area contributed by atoms with Crippen LogP contribution in [0.2, 0.25) is 0 Å². The fourth-order valence-corrected chi connectivity index (χ4v) is 4.60. The molecule has 5 heteroatoms. The number of fused-ring (bicyclic) bond motifs is 3. The molecule has 0 bridgehead atoms. The first-order chi connectivity index (χ1) is 14.7. The standard InChI is InChI=1S/C26H31N3O2/c1-17(2)10-11-27-25(31)26(5)16-28-22-9-7-6-8-20(22)15-23(28)24(30)29(26)21-13-18(3)12-19(4)14-21/h6-9,12-15,17H,10-11,16H2,1-5H3,(H,27,31)/t26-/m0/s1. The van der Waals surface area contributed by atoms with E-state index < -0.39 is 5.54 Å². The van der Waals surface area contributed by atoms with Gasteiger partial charge in [-0.1, -0.05) is 38.1 Å². The molecule has 1 atom stereocenters. The first kappa shape index (κ1) is 21.2. The van der Waals surface area contributed by atoms with Gasteiger partial charge in [-0.3, -0.25) is 14.5 Å². The third kappa shape index (κ3) is 3.73. The largest absolute Gasteiger partial charge is 0.354 e. The van der Waals surface area contributed by atoms with Crippen LogP contribution in [-0.2, 0) is 11.3 Å². The van der Waals surface area contributed by atoms with E-state index >= 15 is 0 Å². The van der Waals surface area contributed by atoms with Gasteiger partial charge >= 0.3 is 0 Å². The Morgan fingerprint density at radius 3 is 2.45 bits per heavy atom. The Kier molecular flexibility index (Phi) is 5.38. The maximum atomic E-state index is 13.8. The van der Waals surface area contributed by atoms with E-state index in [0.717, 1.165) is 34.1 Å². The summed E-state index contributed by atoms with van der Waals surface area (Å²) in [5, 5.41) is 4.11. The van der Waals surface area contributed by atoms with Gasteiger partial charge in [0.1, 0.15) is 11.2 Å². The number of benzene rings is 2. The molecule has 0 saturated carbocycles. The van der Waals surface area contributed by atoms with Crippen LogP contribution < -0.4 is 10.2 Å². The van der Waals surface area contributed by atoms with Crippen LogP contribution in [0.5, 0.6) is 0 Å². The van der Waals surface area contributed by atoms with Crippen LogP contribution in [0.25, 0.3) is 10.9 Å². The van der Waals surface area contributed by atoms with Crippen molar-refractivity contribution in [2.45, 2.75) is 53.1 Å². The number of nitrogens with zero attached hydrogens (tertiary/aromatic N) is 2. The summed E-state index contributed by atoms with van der Waals surface area (Å²) in [6.07, 6.45) is 0.900. The van der Waals surface area contributed by atoms with Gasteiger partial charge in [0, 0.05) is 23.1 Å². The highest BCUT2D eigenvalue weighted by Gasteiger charge is 2.48. The topological polar surface area (TPSA) is 54.3 Å². The van der Waals surface area contributed by atoms with Gasteiger partial charge in [0.05, 0.1) is 6.54 Å². The van der Waals surface area contributed by atoms with Crippen LogP contribution in [-0.4, -0.2) is 28.5 Å². The van der Waals surface area contributed by atoms with Gasteiger partial charge in [0.25, 0.3) is 5.91 Å². The van der Waals surface area contributed by atoms with Crippen LogP contribution >= 0.6 is 0 Å². The summed E-state index contributed by atoms with van der Waals surface area (Å²) < 4.78 is 2.00. The number of rotatable bonds is 5. The minimum absolute atomic E-state index is 0.121. The first-order valence-corrected chi connectivity index (χ1v) is 11.0. The molecule has 2 amide bonds. The van der Waals surface area contributed by atoms with Crippen LogP contribution in [0.4, 0.5) is 5.69 Å². The van der Waals surface area contributed by atoms with E-state index in [1.54, 1.807) is 4.90 Å². The average molecular weight is 418 g/mol. The summed E-state index contributed by atoms with van der Waals surface area (Å²) in [7, 11) is 0. The zero-order chi connectivity index (χ0) is 22.3. The van der Waals surface area contributed by atoms with E-state index in [0.29, 0.717) is 24.7 Å². The maximum absolute atomic E-state index is 13.8. The number of para-hydroxylation sites is 1. The monoisotopic (exact) mass is 417 g/mol. The van der Waals surface area contributed by atoms with Gasteiger partial charge in [-0.05, 0) is 68.5 Å². The lowest BCUT2D eigenvalue weighted by molar-refractivity contribution is -0.126. The molecule has 5 nitrogen and oxygen atoms in total. The van der Waals surface area contributed by atoms with Gasteiger partial charge in [-0.2, -0.15) is 0 Å². The smallest absolute Gasteiger partial charge is 0.275 e. The van der Waals surface area contributed by atoms with E-state index in [4.69, 9.17) is 0 Å². The van der Waals surface area contributed by atoms with Crippen molar-refractivity contribution in [3.63, 3.8) is 0 Å². The molecule has 4 rings (SSSR count). The van der Waals surface area contributed by atoms with Gasteiger partial charge in [0.2, 0.25) is 5.91 Å². The first-order valence-electron chi connectivity index (χ1n) is 11.0. The number of aryl methyl sites for hydroxylation is 2. The fourth-order valence-electron chi connectivity index (χ4n) is 4.60. The minimum Gasteiger partial charge on any atom is -0.354 e. The van der Waals surface area contributed by atoms with E-state index in [1.165, 1.54) is 0 Å². The lowest BCUT2D eigenvalue weighted by Gasteiger charge is -2.44. The number of aromatic nitrogens is 1. The van der Waals surface area contributed by atoms with Crippen molar-refractivity contribution in [3.05, 3.63) is 65.4 Å². The van der Waals surface area contributed by atoms with E-state index in [-0.39, 0.29) is 11.8 Å². The van der Waals surface area contributed by atoms with E-state index in [9.17, 15) is 9.59 Å².